The van der Waals surface area contributed by atoms with Crippen molar-refractivity contribution in [2.45, 2.75) is 30.3 Å². The van der Waals surface area contributed by atoms with Gasteiger partial charge in [0.15, 0.2) is 12.4 Å². The zero-order valence-electron chi connectivity index (χ0n) is 9.87. The van der Waals surface area contributed by atoms with Crippen LogP contribution in [0.4, 0.5) is 9.18 Å². The van der Waals surface area contributed by atoms with Crippen molar-refractivity contribution in [1.82, 2.24) is 10.2 Å². The number of rotatable bonds is 3. The summed E-state index contributed by atoms with van der Waals surface area (Å²) in [5, 5.41) is 21.4. The van der Waals surface area contributed by atoms with Crippen LogP contribution >= 0.6 is 11.6 Å². The van der Waals surface area contributed by atoms with E-state index in [4.69, 9.17) is 22.1 Å². The van der Waals surface area contributed by atoms with Gasteiger partial charge in [0.2, 0.25) is 0 Å². The number of amides is 2. The summed E-state index contributed by atoms with van der Waals surface area (Å²) < 4.78 is 19.4. The largest absolute Gasteiger partial charge is 0.393 e. The number of halogens is 2. The Morgan fingerprint density at radius 1 is 1.68 bits per heavy atom. The SMILES string of the molecule is NC1C=CN([C@@H]2O[C@@](CO)(CCl)[C@@H](O)[C@H]2F)C(=O)N1. The van der Waals surface area contributed by atoms with Crippen LogP contribution in [0.2, 0.25) is 0 Å². The van der Waals surface area contributed by atoms with Crippen molar-refractivity contribution in [2.75, 3.05) is 12.5 Å². The smallest absolute Gasteiger partial charge is 0.325 e. The van der Waals surface area contributed by atoms with Crippen LogP contribution in [0.15, 0.2) is 12.3 Å². The molecule has 0 radical (unpaired) electrons. The molecule has 5 atom stereocenters. The zero-order valence-corrected chi connectivity index (χ0v) is 10.6. The third-order valence-corrected chi connectivity index (χ3v) is 3.67. The number of alkyl halides is 2. The van der Waals surface area contributed by atoms with E-state index < -0.39 is 42.9 Å². The monoisotopic (exact) mass is 295 g/mol. The first-order valence-corrected chi connectivity index (χ1v) is 6.18. The minimum atomic E-state index is -1.89. The molecule has 7 nitrogen and oxygen atoms in total. The third kappa shape index (κ3) is 2.30. The van der Waals surface area contributed by atoms with E-state index in [-0.39, 0.29) is 5.88 Å². The summed E-state index contributed by atoms with van der Waals surface area (Å²) in [5.74, 6) is -0.305. The number of nitrogens with zero attached hydrogens (tertiary/aromatic N) is 1. The minimum absolute atomic E-state index is 0.305. The van der Waals surface area contributed by atoms with Crippen LogP contribution in [0, 0.1) is 0 Å². The Kier molecular flexibility index (Phi) is 3.98. The highest BCUT2D eigenvalue weighted by atomic mass is 35.5. The van der Waals surface area contributed by atoms with Gasteiger partial charge < -0.3 is 26.0 Å². The molecule has 0 saturated carbocycles. The standard InChI is InChI=1S/C10H15ClFN3O4/c11-3-10(4-16)7(17)6(12)8(19-10)15-2-1-5(13)14-9(15)18/h1-2,5-8,16-17H,3-4,13H2,(H,14,18)/t5?,6-,7+,8-,10-/m1/s1. The van der Waals surface area contributed by atoms with Crippen LogP contribution in [0.25, 0.3) is 0 Å². The summed E-state index contributed by atoms with van der Waals surface area (Å²) in [6.07, 6.45) is -2.85. The average Bonchev–Trinajstić information content (AvgIpc) is 2.64. The highest BCUT2D eigenvalue weighted by Gasteiger charge is 2.57. The Morgan fingerprint density at radius 2 is 2.37 bits per heavy atom. The van der Waals surface area contributed by atoms with E-state index in [1.807, 2.05) is 0 Å². The molecule has 0 aromatic carbocycles. The van der Waals surface area contributed by atoms with E-state index in [9.17, 15) is 19.4 Å². The summed E-state index contributed by atoms with van der Waals surface area (Å²) >= 11 is 5.62. The molecular weight excluding hydrogens is 281 g/mol. The number of ether oxygens (including phenoxy) is 1. The number of carbonyl (C=O) groups is 1. The molecule has 0 spiro atoms. The number of carbonyl (C=O) groups excluding carboxylic acids is 1. The fourth-order valence-corrected chi connectivity index (χ4v) is 2.34. The molecule has 0 bridgehead atoms. The first-order chi connectivity index (χ1) is 8.95. The maximum Gasteiger partial charge on any atom is 0.325 e. The second-order valence-corrected chi connectivity index (χ2v) is 4.75. The molecule has 2 heterocycles. The molecule has 19 heavy (non-hydrogen) atoms. The molecule has 5 N–H and O–H groups in total. The first kappa shape index (κ1) is 14.5. The molecule has 2 amide bonds. The Bertz CT molecular complexity index is 393. The summed E-state index contributed by atoms with van der Waals surface area (Å²) in [6.45, 7) is -0.659. The van der Waals surface area contributed by atoms with Crippen molar-refractivity contribution >= 4 is 17.6 Å². The van der Waals surface area contributed by atoms with Gasteiger partial charge in [-0.15, -0.1) is 11.6 Å². The Morgan fingerprint density at radius 3 is 2.84 bits per heavy atom. The molecule has 2 rings (SSSR count). The third-order valence-electron chi connectivity index (χ3n) is 3.22. The quantitative estimate of drug-likeness (QED) is 0.491. The number of urea groups is 1. The van der Waals surface area contributed by atoms with Crippen molar-refractivity contribution < 1.29 is 24.1 Å². The Labute approximate surface area is 113 Å². The molecule has 108 valence electrons. The van der Waals surface area contributed by atoms with Gasteiger partial charge in [0.25, 0.3) is 0 Å². The van der Waals surface area contributed by atoms with Crippen LogP contribution in [0.1, 0.15) is 0 Å². The summed E-state index contributed by atoms with van der Waals surface area (Å²) in [7, 11) is 0. The maximum atomic E-state index is 14.1. The van der Waals surface area contributed by atoms with Crippen molar-refractivity contribution in [1.29, 1.82) is 0 Å². The molecule has 1 unspecified atom stereocenters. The van der Waals surface area contributed by atoms with E-state index >= 15 is 0 Å². The number of nitrogens with one attached hydrogen (secondary N) is 1. The lowest BCUT2D eigenvalue weighted by atomic mass is 9.99. The van der Waals surface area contributed by atoms with E-state index in [0.717, 1.165) is 4.90 Å². The molecule has 0 aromatic heterocycles. The number of aliphatic hydroxyl groups excluding tert-OH is 2. The van der Waals surface area contributed by atoms with E-state index in [1.54, 1.807) is 0 Å². The van der Waals surface area contributed by atoms with Gasteiger partial charge in [0, 0.05) is 6.20 Å². The van der Waals surface area contributed by atoms with E-state index in [0.29, 0.717) is 0 Å². The fourth-order valence-electron chi connectivity index (χ4n) is 2.03. The van der Waals surface area contributed by atoms with Crippen molar-refractivity contribution in [2.24, 2.45) is 5.73 Å². The lowest BCUT2D eigenvalue weighted by Gasteiger charge is -2.32. The highest BCUT2D eigenvalue weighted by molar-refractivity contribution is 6.18. The number of hydrogen-bond acceptors (Lipinski definition) is 5. The van der Waals surface area contributed by atoms with Crippen LogP contribution in [0.3, 0.4) is 0 Å². The normalized spacial score (nSPS) is 42.6. The molecular formula is C10H15ClFN3O4. The van der Waals surface area contributed by atoms with Gasteiger partial charge in [0.1, 0.15) is 11.7 Å². The summed E-state index contributed by atoms with van der Waals surface area (Å²) in [4.78, 5) is 12.6. The van der Waals surface area contributed by atoms with Crippen molar-refractivity contribution in [3.8, 4) is 0 Å². The lowest BCUT2D eigenvalue weighted by molar-refractivity contribution is -0.119. The Hall–Kier alpha value is -0.930. The van der Waals surface area contributed by atoms with Gasteiger partial charge in [-0.1, -0.05) is 0 Å². The molecule has 1 fully saturated rings. The molecule has 0 aliphatic carbocycles. The topological polar surface area (TPSA) is 108 Å². The average molecular weight is 296 g/mol. The van der Waals surface area contributed by atoms with Gasteiger partial charge in [-0.2, -0.15) is 0 Å². The number of nitrogens with two attached hydrogens (primary N) is 1. The predicted molar refractivity (Wildman–Crippen MR) is 63.8 cm³/mol. The molecule has 2 aliphatic heterocycles. The Balaban J connectivity index is 2.23. The molecule has 1 saturated heterocycles. The number of hydrogen-bond donors (Lipinski definition) is 4. The highest BCUT2D eigenvalue weighted by Crippen LogP contribution is 2.36. The first-order valence-electron chi connectivity index (χ1n) is 5.64. The van der Waals surface area contributed by atoms with E-state index in [2.05, 4.69) is 5.32 Å². The molecule has 9 heteroatoms. The van der Waals surface area contributed by atoms with Crippen LogP contribution in [-0.2, 0) is 4.74 Å². The van der Waals surface area contributed by atoms with Crippen molar-refractivity contribution in [3.63, 3.8) is 0 Å². The second kappa shape index (κ2) is 5.22. The molecule has 0 aromatic rings. The predicted octanol–water partition coefficient (Wildman–Crippen LogP) is -1.16. The van der Waals surface area contributed by atoms with Crippen LogP contribution in [0.5, 0.6) is 0 Å². The summed E-state index contributed by atoms with van der Waals surface area (Å²) in [5.41, 5.74) is 3.84. The van der Waals surface area contributed by atoms with Gasteiger partial charge in [-0.25, -0.2) is 9.18 Å². The van der Waals surface area contributed by atoms with Crippen LogP contribution < -0.4 is 11.1 Å². The second-order valence-electron chi connectivity index (χ2n) is 4.48. The zero-order chi connectivity index (χ0) is 14.2. The van der Waals surface area contributed by atoms with Crippen LogP contribution in [-0.4, -0.2) is 63.9 Å². The van der Waals surface area contributed by atoms with Crippen molar-refractivity contribution in [3.05, 3.63) is 12.3 Å². The fraction of sp³-hybridized carbons (Fsp3) is 0.700. The molecule has 2 aliphatic rings. The maximum absolute atomic E-state index is 14.1. The lowest BCUT2D eigenvalue weighted by Crippen LogP contribution is -2.54. The van der Waals surface area contributed by atoms with Gasteiger partial charge in [-0.05, 0) is 6.08 Å². The van der Waals surface area contributed by atoms with Gasteiger partial charge >= 0.3 is 6.03 Å². The summed E-state index contributed by atoms with van der Waals surface area (Å²) in [6, 6.07) is -0.654. The van der Waals surface area contributed by atoms with Gasteiger partial charge in [0.05, 0.1) is 18.7 Å². The van der Waals surface area contributed by atoms with Gasteiger partial charge in [-0.3, -0.25) is 4.90 Å². The van der Waals surface area contributed by atoms with E-state index in [1.165, 1.54) is 12.3 Å². The minimum Gasteiger partial charge on any atom is -0.393 e. The number of aliphatic hydroxyl groups is 2.